The van der Waals surface area contributed by atoms with Gasteiger partial charge in [0, 0.05) is 60.6 Å². The van der Waals surface area contributed by atoms with Crippen molar-refractivity contribution >= 4 is 22.3 Å². The number of nitrogens with zero attached hydrogens (tertiary/aromatic N) is 3. The van der Waals surface area contributed by atoms with Gasteiger partial charge in [-0.3, -0.25) is 9.97 Å². The standard InChI is InChI=1S/C29H25F2N5O/c1-2-17-5-7-34-28(27(17)32)18-3-4-24-22(13-18)29(36-9-6-25-26(16-36)37-10-8-33-25)23(15-35-24)19-11-20(30)14-21(31)12-19/h1,3-5,7,11-15,25-26,33H,6,8-10,16,32H2/t25-,26-/m1/s1. The minimum absolute atomic E-state index is 0.00983. The number of piperidine rings is 1. The maximum atomic E-state index is 14.3. The van der Waals surface area contributed by atoms with Crippen LogP contribution < -0.4 is 16.0 Å². The molecule has 2 aliphatic rings. The monoisotopic (exact) mass is 497 g/mol. The van der Waals surface area contributed by atoms with Crippen molar-refractivity contribution in [1.29, 1.82) is 0 Å². The predicted octanol–water partition coefficient (Wildman–Crippen LogP) is 4.37. The molecule has 2 aromatic carbocycles. The number of morpholine rings is 1. The second-order valence-corrected chi connectivity index (χ2v) is 9.38. The van der Waals surface area contributed by atoms with Crippen LogP contribution in [0.2, 0.25) is 0 Å². The summed E-state index contributed by atoms with van der Waals surface area (Å²) in [5.74, 6) is 1.31. The van der Waals surface area contributed by atoms with E-state index in [-0.39, 0.29) is 12.1 Å². The minimum atomic E-state index is -0.642. The molecular weight excluding hydrogens is 472 g/mol. The fourth-order valence-corrected chi connectivity index (χ4v) is 5.39. The van der Waals surface area contributed by atoms with E-state index < -0.39 is 11.6 Å². The van der Waals surface area contributed by atoms with E-state index in [9.17, 15) is 8.78 Å². The van der Waals surface area contributed by atoms with Gasteiger partial charge in [0.2, 0.25) is 0 Å². The number of fused-ring (bicyclic) bond motifs is 2. The smallest absolute Gasteiger partial charge is 0.126 e. The molecule has 6 nitrogen and oxygen atoms in total. The minimum Gasteiger partial charge on any atom is -0.396 e. The summed E-state index contributed by atoms with van der Waals surface area (Å²) in [6.45, 7) is 2.87. The normalized spacial score (nSPS) is 19.4. The molecule has 0 aliphatic carbocycles. The van der Waals surface area contributed by atoms with Crippen LogP contribution in [0, 0.1) is 24.0 Å². The highest BCUT2D eigenvalue weighted by Gasteiger charge is 2.33. The molecule has 37 heavy (non-hydrogen) atoms. The first-order valence-corrected chi connectivity index (χ1v) is 12.2. The first-order chi connectivity index (χ1) is 18.0. The molecule has 0 radical (unpaired) electrons. The van der Waals surface area contributed by atoms with Gasteiger partial charge in [-0.05, 0) is 42.3 Å². The first-order valence-electron chi connectivity index (χ1n) is 12.2. The summed E-state index contributed by atoms with van der Waals surface area (Å²) < 4.78 is 34.6. The highest BCUT2D eigenvalue weighted by atomic mass is 19.1. The summed E-state index contributed by atoms with van der Waals surface area (Å²) in [5, 5.41) is 4.37. The number of hydrogen-bond donors (Lipinski definition) is 2. The number of nitrogens with two attached hydrogens (primary N) is 1. The molecule has 4 heterocycles. The van der Waals surface area contributed by atoms with Gasteiger partial charge < -0.3 is 20.7 Å². The van der Waals surface area contributed by atoms with Crippen molar-refractivity contribution < 1.29 is 13.5 Å². The zero-order chi connectivity index (χ0) is 25.5. The van der Waals surface area contributed by atoms with E-state index in [1.54, 1.807) is 18.5 Å². The fourth-order valence-electron chi connectivity index (χ4n) is 5.39. The van der Waals surface area contributed by atoms with Gasteiger partial charge in [-0.25, -0.2) is 8.78 Å². The molecule has 2 aliphatic heterocycles. The molecule has 2 atom stereocenters. The number of nitrogen functional groups attached to an aromatic ring is 1. The van der Waals surface area contributed by atoms with Crippen molar-refractivity contribution in [3.05, 3.63) is 72.1 Å². The molecule has 3 N–H and O–H groups in total. The molecule has 0 amide bonds. The van der Waals surface area contributed by atoms with Crippen molar-refractivity contribution in [1.82, 2.24) is 15.3 Å². The number of benzene rings is 2. The third kappa shape index (κ3) is 4.26. The molecule has 2 fully saturated rings. The molecule has 0 spiro atoms. The lowest BCUT2D eigenvalue weighted by Gasteiger charge is -2.43. The largest absolute Gasteiger partial charge is 0.396 e. The molecular formula is C29H25F2N5O. The summed E-state index contributed by atoms with van der Waals surface area (Å²) in [4.78, 5) is 11.4. The van der Waals surface area contributed by atoms with Crippen molar-refractivity contribution in [3.63, 3.8) is 0 Å². The second kappa shape index (κ2) is 9.43. The summed E-state index contributed by atoms with van der Waals surface area (Å²) >= 11 is 0. The Morgan fingerprint density at radius 3 is 2.73 bits per heavy atom. The van der Waals surface area contributed by atoms with E-state index in [0.29, 0.717) is 41.2 Å². The molecule has 8 heteroatoms. The third-order valence-electron chi connectivity index (χ3n) is 7.15. The number of ether oxygens (including phenoxy) is 1. The average Bonchev–Trinajstić information content (AvgIpc) is 2.91. The Labute approximate surface area is 213 Å². The van der Waals surface area contributed by atoms with Crippen molar-refractivity contribution in [2.75, 3.05) is 36.9 Å². The molecule has 0 saturated carbocycles. The van der Waals surface area contributed by atoms with Crippen LogP contribution in [0.1, 0.15) is 12.0 Å². The van der Waals surface area contributed by atoms with Gasteiger partial charge >= 0.3 is 0 Å². The van der Waals surface area contributed by atoms with Crippen LogP contribution >= 0.6 is 0 Å². The first kappa shape index (κ1) is 23.3. The Balaban J connectivity index is 1.56. The lowest BCUT2D eigenvalue weighted by Crippen LogP contribution is -2.57. The second-order valence-electron chi connectivity index (χ2n) is 9.38. The van der Waals surface area contributed by atoms with E-state index in [1.165, 1.54) is 12.1 Å². The number of terminal acetylenes is 1. The number of rotatable bonds is 3. The van der Waals surface area contributed by atoms with E-state index >= 15 is 0 Å². The number of nitrogens with one attached hydrogen (secondary N) is 1. The lowest BCUT2D eigenvalue weighted by molar-refractivity contribution is -0.00896. The summed E-state index contributed by atoms with van der Waals surface area (Å²) in [6.07, 6.45) is 9.83. The van der Waals surface area contributed by atoms with Gasteiger partial charge in [-0.2, -0.15) is 0 Å². The highest BCUT2D eigenvalue weighted by molar-refractivity contribution is 6.02. The van der Waals surface area contributed by atoms with Crippen LogP contribution in [0.4, 0.5) is 20.2 Å². The predicted molar refractivity (Wildman–Crippen MR) is 141 cm³/mol. The number of pyridine rings is 2. The molecule has 0 bridgehead atoms. The van der Waals surface area contributed by atoms with Crippen LogP contribution in [-0.4, -0.2) is 48.4 Å². The van der Waals surface area contributed by atoms with E-state index in [4.69, 9.17) is 16.9 Å². The maximum Gasteiger partial charge on any atom is 0.126 e. The Morgan fingerprint density at radius 1 is 1.08 bits per heavy atom. The molecule has 186 valence electrons. The molecule has 2 aromatic heterocycles. The highest BCUT2D eigenvalue weighted by Crippen LogP contribution is 2.40. The van der Waals surface area contributed by atoms with E-state index in [2.05, 4.69) is 26.1 Å². The SMILES string of the molecule is C#Cc1ccnc(-c2ccc3ncc(-c4cc(F)cc(F)c4)c(N4CC[C@H]5NCCO[C@@H]5C4)c3c2)c1N. The van der Waals surface area contributed by atoms with Crippen LogP contribution in [0.3, 0.4) is 0 Å². The van der Waals surface area contributed by atoms with Gasteiger partial charge in [0.05, 0.1) is 40.9 Å². The van der Waals surface area contributed by atoms with Crippen molar-refractivity contribution in [2.45, 2.75) is 18.6 Å². The lowest BCUT2D eigenvalue weighted by atomic mass is 9.95. The number of halogens is 2. The quantitative estimate of drug-likeness (QED) is 0.410. The average molecular weight is 498 g/mol. The third-order valence-corrected chi connectivity index (χ3v) is 7.15. The fraction of sp³-hybridized carbons (Fsp3) is 0.241. The number of hydrogen-bond acceptors (Lipinski definition) is 6. The summed E-state index contributed by atoms with van der Waals surface area (Å²) in [7, 11) is 0. The van der Waals surface area contributed by atoms with Crippen LogP contribution in [0.25, 0.3) is 33.3 Å². The van der Waals surface area contributed by atoms with Crippen LogP contribution in [0.15, 0.2) is 54.9 Å². The van der Waals surface area contributed by atoms with Gasteiger partial charge in [0.25, 0.3) is 0 Å². The zero-order valence-electron chi connectivity index (χ0n) is 20.0. The Kier molecular flexibility index (Phi) is 5.95. The van der Waals surface area contributed by atoms with Gasteiger partial charge in [0.15, 0.2) is 0 Å². The Hall–Kier alpha value is -4.06. The topological polar surface area (TPSA) is 76.3 Å². The Morgan fingerprint density at radius 2 is 1.92 bits per heavy atom. The molecule has 2 saturated heterocycles. The van der Waals surface area contributed by atoms with Gasteiger partial charge in [-0.1, -0.05) is 12.0 Å². The van der Waals surface area contributed by atoms with E-state index in [1.807, 2.05) is 18.2 Å². The summed E-state index contributed by atoms with van der Waals surface area (Å²) in [5.41, 5.74) is 11.3. The van der Waals surface area contributed by atoms with Gasteiger partial charge in [-0.15, -0.1) is 6.42 Å². The van der Waals surface area contributed by atoms with Crippen molar-refractivity contribution in [3.8, 4) is 34.7 Å². The summed E-state index contributed by atoms with van der Waals surface area (Å²) in [6, 6.07) is 11.3. The number of anilines is 2. The van der Waals surface area contributed by atoms with Crippen LogP contribution in [0.5, 0.6) is 0 Å². The number of aromatic nitrogens is 2. The Bertz CT molecular complexity index is 1530. The van der Waals surface area contributed by atoms with Gasteiger partial charge in [0.1, 0.15) is 11.6 Å². The van der Waals surface area contributed by atoms with Crippen LogP contribution in [-0.2, 0) is 4.74 Å². The van der Waals surface area contributed by atoms with E-state index in [0.717, 1.165) is 47.7 Å². The molecule has 0 unspecified atom stereocenters. The van der Waals surface area contributed by atoms with Crippen molar-refractivity contribution in [2.24, 2.45) is 0 Å². The maximum absolute atomic E-state index is 14.3. The molecule has 4 aromatic rings. The zero-order valence-corrected chi connectivity index (χ0v) is 20.0. The molecule has 6 rings (SSSR count).